The van der Waals surface area contributed by atoms with E-state index < -0.39 is 0 Å². The molecule has 1 N–H and O–H groups in total. The predicted molar refractivity (Wildman–Crippen MR) is 91.3 cm³/mol. The first-order valence-corrected chi connectivity index (χ1v) is 8.25. The summed E-state index contributed by atoms with van der Waals surface area (Å²) in [6, 6.07) is 0.109. The number of anilines is 1. The summed E-state index contributed by atoms with van der Waals surface area (Å²) in [5.74, 6) is 2.31. The van der Waals surface area contributed by atoms with E-state index in [4.69, 9.17) is 0 Å². The summed E-state index contributed by atoms with van der Waals surface area (Å²) in [7, 11) is 2.02. The summed E-state index contributed by atoms with van der Waals surface area (Å²) in [4.78, 5) is 15.7. The molecule has 3 aromatic rings. The molecule has 3 aromatic heterocycles. The smallest absolute Gasteiger partial charge is 0.139 e. The van der Waals surface area contributed by atoms with E-state index in [0.717, 1.165) is 21.9 Å². The van der Waals surface area contributed by atoms with Crippen LogP contribution in [0.1, 0.15) is 36.2 Å². The Balaban J connectivity index is 2.06. The van der Waals surface area contributed by atoms with E-state index in [1.165, 1.54) is 10.4 Å². The van der Waals surface area contributed by atoms with Gasteiger partial charge in [-0.15, -0.1) is 11.3 Å². The zero-order chi connectivity index (χ0) is 15.9. The van der Waals surface area contributed by atoms with Crippen molar-refractivity contribution in [2.45, 2.75) is 33.7 Å². The number of aromatic nitrogens is 4. The van der Waals surface area contributed by atoms with Crippen molar-refractivity contribution in [2.24, 2.45) is 13.0 Å². The standard InChI is InChI=1S/C16H21N5S/c1-9(2)13(15-17-6-7-21(15)5)20-14-12-10(3)11(4)22-16(12)19-8-18-14/h6-9,13H,1-5H3,(H,18,19,20). The van der Waals surface area contributed by atoms with Crippen LogP contribution in [-0.4, -0.2) is 19.5 Å². The highest BCUT2D eigenvalue weighted by Crippen LogP contribution is 2.34. The summed E-state index contributed by atoms with van der Waals surface area (Å²) in [5.41, 5.74) is 1.26. The second-order valence-electron chi connectivity index (χ2n) is 5.95. The van der Waals surface area contributed by atoms with Gasteiger partial charge in [0.05, 0.1) is 11.4 Å². The summed E-state index contributed by atoms with van der Waals surface area (Å²) in [5, 5.41) is 4.72. The molecule has 0 bridgehead atoms. The molecule has 3 heterocycles. The Morgan fingerprint density at radius 3 is 2.59 bits per heavy atom. The molecule has 0 fully saturated rings. The molecule has 22 heavy (non-hydrogen) atoms. The zero-order valence-electron chi connectivity index (χ0n) is 13.6. The molecule has 0 radical (unpaired) electrons. The van der Waals surface area contributed by atoms with Crippen LogP contribution in [0.3, 0.4) is 0 Å². The third kappa shape index (κ3) is 2.47. The van der Waals surface area contributed by atoms with Crippen molar-refractivity contribution in [1.29, 1.82) is 0 Å². The number of rotatable bonds is 4. The van der Waals surface area contributed by atoms with E-state index in [-0.39, 0.29) is 6.04 Å². The number of hydrogen-bond donors (Lipinski definition) is 1. The van der Waals surface area contributed by atoms with Crippen LogP contribution in [0, 0.1) is 19.8 Å². The minimum absolute atomic E-state index is 0.109. The Hall–Kier alpha value is -1.95. The molecule has 0 aliphatic rings. The van der Waals surface area contributed by atoms with Crippen LogP contribution in [0.4, 0.5) is 5.82 Å². The second-order valence-corrected chi connectivity index (χ2v) is 7.15. The molecule has 0 spiro atoms. The maximum Gasteiger partial charge on any atom is 0.139 e. The van der Waals surface area contributed by atoms with E-state index >= 15 is 0 Å². The van der Waals surface area contributed by atoms with Crippen LogP contribution < -0.4 is 5.32 Å². The number of nitrogens with one attached hydrogen (secondary N) is 1. The normalized spacial score (nSPS) is 13.0. The van der Waals surface area contributed by atoms with Gasteiger partial charge in [0.25, 0.3) is 0 Å². The van der Waals surface area contributed by atoms with E-state index in [0.29, 0.717) is 5.92 Å². The highest BCUT2D eigenvalue weighted by molar-refractivity contribution is 7.18. The van der Waals surface area contributed by atoms with E-state index in [2.05, 4.69) is 52.5 Å². The van der Waals surface area contributed by atoms with Crippen molar-refractivity contribution < 1.29 is 0 Å². The summed E-state index contributed by atoms with van der Waals surface area (Å²) >= 11 is 1.72. The average Bonchev–Trinajstić information content (AvgIpc) is 3.01. The molecule has 0 aliphatic heterocycles. The van der Waals surface area contributed by atoms with Gasteiger partial charge in [-0.3, -0.25) is 0 Å². The van der Waals surface area contributed by atoms with Crippen LogP contribution in [0.15, 0.2) is 18.7 Å². The topological polar surface area (TPSA) is 55.6 Å². The molecule has 0 aromatic carbocycles. The second kappa shape index (κ2) is 5.68. The lowest BCUT2D eigenvalue weighted by Gasteiger charge is -2.23. The van der Waals surface area contributed by atoms with Gasteiger partial charge in [0.1, 0.15) is 22.8 Å². The number of imidazole rings is 1. The van der Waals surface area contributed by atoms with Crippen molar-refractivity contribution in [1.82, 2.24) is 19.5 Å². The number of fused-ring (bicyclic) bond motifs is 1. The fraction of sp³-hybridized carbons (Fsp3) is 0.438. The van der Waals surface area contributed by atoms with Crippen molar-refractivity contribution >= 4 is 27.4 Å². The molecule has 0 saturated carbocycles. The van der Waals surface area contributed by atoms with Gasteiger partial charge in [-0.25, -0.2) is 15.0 Å². The van der Waals surface area contributed by atoms with Crippen molar-refractivity contribution in [3.05, 3.63) is 35.0 Å². The molecule has 6 heteroatoms. The van der Waals surface area contributed by atoms with Crippen LogP contribution in [0.25, 0.3) is 10.2 Å². The highest BCUT2D eigenvalue weighted by Gasteiger charge is 2.22. The third-order valence-corrected chi connectivity index (χ3v) is 5.18. The molecule has 0 saturated heterocycles. The molecular weight excluding hydrogens is 294 g/mol. The van der Waals surface area contributed by atoms with Gasteiger partial charge in [0.2, 0.25) is 0 Å². The summed E-state index contributed by atoms with van der Waals surface area (Å²) < 4.78 is 2.06. The van der Waals surface area contributed by atoms with Gasteiger partial charge in [0, 0.05) is 24.3 Å². The van der Waals surface area contributed by atoms with Crippen molar-refractivity contribution in [2.75, 3.05) is 5.32 Å². The maximum atomic E-state index is 4.50. The Morgan fingerprint density at radius 2 is 1.95 bits per heavy atom. The number of thiophene rings is 1. The zero-order valence-corrected chi connectivity index (χ0v) is 14.4. The highest BCUT2D eigenvalue weighted by atomic mass is 32.1. The fourth-order valence-corrected chi connectivity index (χ4v) is 3.64. The average molecular weight is 315 g/mol. The molecule has 116 valence electrons. The first-order chi connectivity index (χ1) is 10.5. The van der Waals surface area contributed by atoms with Gasteiger partial charge >= 0.3 is 0 Å². The van der Waals surface area contributed by atoms with Gasteiger partial charge < -0.3 is 9.88 Å². The molecule has 1 atom stereocenters. The summed E-state index contributed by atoms with van der Waals surface area (Å²) in [6.45, 7) is 8.64. The molecule has 1 unspecified atom stereocenters. The van der Waals surface area contributed by atoms with Gasteiger partial charge in [-0.2, -0.15) is 0 Å². The minimum Gasteiger partial charge on any atom is -0.359 e. The Bertz CT molecular complexity index is 802. The summed E-state index contributed by atoms with van der Waals surface area (Å²) in [6.07, 6.45) is 5.44. The van der Waals surface area contributed by atoms with Crippen LogP contribution in [0.5, 0.6) is 0 Å². The minimum atomic E-state index is 0.109. The lowest BCUT2D eigenvalue weighted by Crippen LogP contribution is -2.21. The van der Waals surface area contributed by atoms with E-state index in [9.17, 15) is 0 Å². The van der Waals surface area contributed by atoms with E-state index in [1.807, 2.05) is 19.4 Å². The lowest BCUT2D eigenvalue weighted by molar-refractivity contribution is 0.507. The Kier molecular flexibility index (Phi) is 3.87. The molecule has 3 rings (SSSR count). The lowest BCUT2D eigenvalue weighted by atomic mass is 10.0. The van der Waals surface area contributed by atoms with Crippen LogP contribution >= 0.6 is 11.3 Å². The van der Waals surface area contributed by atoms with Crippen molar-refractivity contribution in [3.8, 4) is 0 Å². The van der Waals surface area contributed by atoms with Crippen LogP contribution in [-0.2, 0) is 7.05 Å². The first-order valence-electron chi connectivity index (χ1n) is 7.43. The fourth-order valence-electron chi connectivity index (χ4n) is 2.65. The number of nitrogens with zero attached hydrogens (tertiary/aromatic N) is 4. The third-order valence-electron chi connectivity index (χ3n) is 4.06. The molecule has 0 aliphatic carbocycles. The first kappa shape index (κ1) is 15.0. The predicted octanol–water partition coefficient (Wildman–Crippen LogP) is 3.85. The SMILES string of the molecule is Cc1sc2ncnc(NC(c3nccn3C)C(C)C)c2c1C. The molecule has 5 nitrogen and oxygen atoms in total. The number of aryl methyl sites for hydroxylation is 3. The van der Waals surface area contributed by atoms with Gasteiger partial charge in [-0.1, -0.05) is 13.8 Å². The van der Waals surface area contributed by atoms with Gasteiger partial charge in [-0.05, 0) is 25.3 Å². The Morgan fingerprint density at radius 1 is 1.18 bits per heavy atom. The molecular formula is C16H21N5S. The maximum absolute atomic E-state index is 4.50. The van der Waals surface area contributed by atoms with E-state index in [1.54, 1.807) is 17.7 Å². The molecule has 0 amide bonds. The largest absolute Gasteiger partial charge is 0.359 e. The van der Waals surface area contributed by atoms with Gasteiger partial charge in [0.15, 0.2) is 0 Å². The Labute approximate surface area is 134 Å². The van der Waals surface area contributed by atoms with Crippen molar-refractivity contribution in [3.63, 3.8) is 0 Å². The number of hydrogen-bond acceptors (Lipinski definition) is 5. The van der Waals surface area contributed by atoms with Crippen LogP contribution in [0.2, 0.25) is 0 Å². The monoisotopic (exact) mass is 315 g/mol. The quantitative estimate of drug-likeness (QED) is 0.794.